The number of hydrogen-bond acceptors (Lipinski definition) is 6. The maximum Gasteiger partial charge on any atom is 0.143 e. The summed E-state index contributed by atoms with van der Waals surface area (Å²) >= 11 is 1.82. The van der Waals surface area contributed by atoms with Gasteiger partial charge in [-0.15, -0.1) is 11.3 Å². The van der Waals surface area contributed by atoms with Crippen LogP contribution in [0, 0.1) is 0 Å². The largest absolute Gasteiger partial charge is 0.497 e. The number of ether oxygens (including phenoxy) is 2. The maximum atomic E-state index is 5.45. The van der Waals surface area contributed by atoms with Crippen LogP contribution in [0.1, 0.15) is 34.7 Å². The van der Waals surface area contributed by atoms with E-state index in [4.69, 9.17) is 19.4 Å². The molecule has 158 valence electrons. The Morgan fingerprint density at radius 3 is 2.42 bits per heavy atom. The van der Waals surface area contributed by atoms with Gasteiger partial charge in [0.2, 0.25) is 0 Å². The lowest BCUT2D eigenvalue weighted by atomic mass is 9.97. The molecule has 0 unspecified atom stereocenters. The second-order valence-corrected chi connectivity index (χ2v) is 8.85. The molecule has 0 amide bonds. The van der Waals surface area contributed by atoms with E-state index in [2.05, 4.69) is 29.6 Å². The highest BCUT2D eigenvalue weighted by Crippen LogP contribution is 2.40. The molecule has 0 atom stereocenters. The average Bonchev–Trinajstić information content (AvgIpc) is 3.18. The van der Waals surface area contributed by atoms with Gasteiger partial charge >= 0.3 is 0 Å². The Hall–Kier alpha value is -3.12. The predicted octanol–water partition coefficient (Wildman–Crippen LogP) is 5.92. The van der Waals surface area contributed by atoms with Crippen LogP contribution >= 0.6 is 11.3 Å². The lowest BCUT2D eigenvalue weighted by molar-refractivity contribution is 0.395. The van der Waals surface area contributed by atoms with Crippen LogP contribution in [0.4, 0.5) is 11.5 Å². The van der Waals surface area contributed by atoms with Gasteiger partial charge in [0, 0.05) is 35.2 Å². The number of methoxy groups -OCH3 is 2. The summed E-state index contributed by atoms with van der Waals surface area (Å²) in [6.45, 7) is 0. The molecule has 5 nitrogen and oxygen atoms in total. The van der Waals surface area contributed by atoms with Crippen molar-refractivity contribution in [3.63, 3.8) is 0 Å². The summed E-state index contributed by atoms with van der Waals surface area (Å²) in [7, 11) is 3.32. The number of hydrogen-bond donors (Lipinski definition) is 1. The van der Waals surface area contributed by atoms with Gasteiger partial charge in [0.25, 0.3) is 0 Å². The van der Waals surface area contributed by atoms with Gasteiger partial charge in [-0.1, -0.05) is 30.3 Å². The fourth-order valence-corrected chi connectivity index (χ4v) is 5.45. The van der Waals surface area contributed by atoms with E-state index >= 15 is 0 Å². The number of aromatic nitrogens is 2. The van der Waals surface area contributed by atoms with Gasteiger partial charge in [0.15, 0.2) is 0 Å². The Kier molecular flexibility index (Phi) is 5.47. The Morgan fingerprint density at radius 1 is 0.935 bits per heavy atom. The molecule has 0 saturated heterocycles. The quantitative estimate of drug-likeness (QED) is 0.411. The summed E-state index contributed by atoms with van der Waals surface area (Å²) in [5.74, 6) is 3.17. The minimum atomic E-state index is 0.704. The molecular formula is C25H25N3O2S. The van der Waals surface area contributed by atoms with Crippen LogP contribution in [-0.2, 0) is 19.3 Å². The predicted molar refractivity (Wildman–Crippen MR) is 126 cm³/mol. The van der Waals surface area contributed by atoms with Gasteiger partial charge in [-0.05, 0) is 36.8 Å². The molecule has 0 spiro atoms. The highest BCUT2D eigenvalue weighted by atomic mass is 32.1. The summed E-state index contributed by atoms with van der Waals surface area (Å²) in [4.78, 5) is 12.5. The first-order valence-electron chi connectivity index (χ1n) is 10.6. The molecule has 4 aromatic rings. The molecule has 31 heavy (non-hydrogen) atoms. The Balaban J connectivity index is 1.61. The third kappa shape index (κ3) is 4.08. The SMILES string of the molecule is COc1cc(Nc2nc(Cc3ccccc3)nc3sc4c(c23)CCCC4)cc(OC)c1. The van der Waals surface area contributed by atoms with Crippen LogP contribution < -0.4 is 14.8 Å². The third-order valence-corrected chi connectivity index (χ3v) is 6.87. The lowest BCUT2D eigenvalue weighted by Gasteiger charge is -2.14. The molecule has 0 radical (unpaired) electrons. The summed E-state index contributed by atoms with van der Waals surface area (Å²) in [5, 5.41) is 4.72. The van der Waals surface area contributed by atoms with Crippen molar-refractivity contribution in [3.05, 3.63) is 70.4 Å². The molecule has 1 aliphatic carbocycles. The van der Waals surface area contributed by atoms with Crippen LogP contribution in [-0.4, -0.2) is 24.2 Å². The molecular weight excluding hydrogens is 406 g/mol. The van der Waals surface area contributed by atoms with E-state index in [9.17, 15) is 0 Å². The zero-order valence-electron chi connectivity index (χ0n) is 17.8. The van der Waals surface area contributed by atoms with Crippen molar-refractivity contribution in [2.24, 2.45) is 0 Å². The van der Waals surface area contributed by atoms with E-state index in [1.807, 2.05) is 35.6 Å². The Labute approximate surface area is 186 Å². The second-order valence-electron chi connectivity index (χ2n) is 7.77. The fourth-order valence-electron chi connectivity index (χ4n) is 4.17. The molecule has 6 heteroatoms. The summed E-state index contributed by atoms with van der Waals surface area (Å²) < 4.78 is 10.9. The van der Waals surface area contributed by atoms with E-state index in [0.717, 1.165) is 46.5 Å². The fraction of sp³-hybridized carbons (Fsp3) is 0.280. The van der Waals surface area contributed by atoms with E-state index in [0.29, 0.717) is 6.42 Å². The molecule has 0 fully saturated rings. The molecule has 0 aliphatic heterocycles. The van der Waals surface area contributed by atoms with E-state index in [1.54, 1.807) is 14.2 Å². The van der Waals surface area contributed by atoms with Crippen molar-refractivity contribution in [2.75, 3.05) is 19.5 Å². The van der Waals surface area contributed by atoms with Crippen LogP contribution in [0.5, 0.6) is 11.5 Å². The summed E-state index contributed by atoms with van der Waals surface area (Å²) in [5.41, 5.74) is 3.50. The molecule has 2 aromatic heterocycles. The molecule has 2 aromatic carbocycles. The highest BCUT2D eigenvalue weighted by Gasteiger charge is 2.21. The number of aryl methyl sites for hydroxylation is 2. The second kappa shape index (κ2) is 8.55. The van der Waals surface area contributed by atoms with E-state index < -0.39 is 0 Å². The van der Waals surface area contributed by atoms with Gasteiger partial charge in [0.1, 0.15) is 28.0 Å². The van der Waals surface area contributed by atoms with Crippen molar-refractivity contribution >= 4 is 33.1 Å². The van der Waals surface area contributed by atoms with Crippen LogP contribution in [0.15, 0.2) is 48.5 Å². The first kappa shape index (κ1) is 19.8. The Bertz CT molecular complexity index is 1200. The zero-order chi connectivity index (χ0) is 21.2. The topological polar surface area (TPSA) is 56.3 Å². The Morgan fingerprint density at radius 2 is 1.68 bits per heavy atom. The molecule has 5 rings (SSSR count). The van der Waals surface area contributed by atoms with Crippen molar-refractivity contribution in [2.45, 2.75) is 32.1 Å². The van der Waals surface area contributed by atoms with E-state index in [-0.39, 0.29) is 0 Å². The third-order valence-electron chi connectivity index (χ3n) is 5.68. The first-order valence-corrected chi connectivity index (χ1v) is 11.4. The number of anilines is 2. The number of nitrogens with one attached hydrogen (secondary N) is 1. The molecule has 1 N–H and O–H groups in total. The van der Waals surface area contributed by atoms with E-state index in [1.165, 1.54) is 34.2 Å². The highest BCUT2D eigenvalue weighted by molar-refractivity contribution is 7.19. The molecule has 0 saturated carbocycles. The van der Waals surface area contributed by atoms with Gasteiger partial charge in [-0.2, -0.15) is 0 Å². The van der Waals surface area contributed by atoms with Gasteiger partial charge in [-0.25, -0.2) is 9.97 Å². The smallest absolute Gasteiger partial charge is 0.143 e. The number of thiophene rings is 1. The number of nitrogens with zero attached hydrogens (tertiary/aromatic N) is 2. The van der Waals surface area contributed by atoms with Gasteiger partial charge < -0.3 is 14.8 Å². The van der Waals surface area contributed by atoms with Crippen molar-refractivity contribution in [3.8, 4) is 11.5 Å². The lowest BCUT2D eigenvalue weighted by Crippen LogP contribution is -2.04. The number of rotatable bonds is 6. The van der Waals surface area contributed by atoms with Crippen molar-refractivity contribution < 1.29 is 9.47 Å². The standard InChI is InChI=1S/C25H25N3O2S/c1-29-18-13-17(14-19(15-18)30-2)26-24-23-20-10-6-7-11-21(20)31-25(23)28-22(27-24)12-16-8-4-3-5-9-16/h3-5,8-9,13-15H,6-7,10-12H2,1-2H3,(H,26,27,28). The van der Waals surface area contributed by atoms with Crippen LogP contribution in [0.3, 0.4) is 0 Å². The monoisotopic (exact) mass is 431 g/mol. The molecule has 1 aliphatic rings. The normalized spacial score (nSPS) is 13.1. The van der Waals surface area contributed by atoms with Gasteiger partial charge in [-0.3, -0.25) is 0 Å². The summed E-state index contributed by atoms with van der Waals surface area (Å²) in [6, 6.07) is 16.2. The minimum absolute atomic E-state index is 0.704. The van der Waals surface area contributed by atoms with Crippen LogP contribution in [0.25, 0.3) is 10.2 Å². The van der Waals surface area contributed by atoms with Crippen molar-refractivity contribution in [1.29, 1.82) is 0 Å². The van der Waals surface area contributed by atoms with Crippen LogP contribution in [0.2, 0.25) is 0 Å². The minimum Gasteiger partial charge on any atom is -0.497 e. The number of benzene rings is 2. The van der Waals surface area contributed by atoms with Gasteiger partial charge in [0.05, 0.1) is 19.6 Å². The first-order chi connectivity index (χ1) is 15.2. The average molecular weight is 432 g/mol. The number of fused-ring (bicyclic) bond motifs is 3. The maximum absolute atomic E-state index is 5.45. The summed E-state index contributed by atoms with van der Waals surface area (Å²) in [6.07, 6.45) is 5.40. The van der Waals surface area contributed by atoms with Crippen molar-refractivity contribution in [1.82, 2.24) is 9.97 Å². The molecule has 2 heterocycles. The zero-order valence-corrected chi connectivity index (χ0v) is 18.6. The molecule has 0 bridgehead atoms.